The largest absolute Gasteiger partial charge is 0.417 e. The Kier molecular flexibility index (Phi) is 28.3. The van der Waals surface area contributed by atoms with Gasteiger partial charge in [0, 0.05) is 55.8 Å². The Balaban J connectivity index is 1.20. The highest BCUT2D eigenvalue weighted by Crippen LogP contribution is 2.41. The number of hydrogen-bond acceptors (Lipinski definition) is 13. The zero-order valence-corrected chi connectivity index (χ0v) is 63.6. The highest BCUT2D eigenvalue weighted by atomic mass is 35.5. The predicted molar refractivity (Wildman–Crippen MR) is 378 cm³/mol. The van der Waals surface area contributed by atoms with Gasteiger partial charge in [0.05, 0.1) is 68.5 Å². The van der Waals surface area contributed by atoms with E-state index in [1.807, 2.05) is 20.8 Å². The maximum absolute atomic E-state index is 16.2. The minimum absolute atomic E-state index is 0.0287. The molecule has 1 aromatic carbocycles. The van der Waals surface area contributed by atoms with E-state index in [9.17, 15) is 41.9 Å². The molecule has 4 aliphatic heterocycles. The summed E-state index contributed by atoms with van der Waals surface area (Å²) < 4.78 is 80.0. The molecule has 3 N–H and O–H groups in total. The van der Waals surface area contributed by atoms with Crippen LogP contribution in [0.3, 0.4) is 0 Å². The van der Waals surface area contributed by atoms with E-state index in [1.165, 1.54) is 68.9 Å². The molecule has 1 aromatic rings. The molecule has 586 valence electrons. The Morgan fingerprint density at radius 3 is 1.84 bits per heavy atom. The molecule has 0 radical (unpaired) electrons. The standard InChI is InChI=1S/C74H110ClF5N12O13/c1-12-45(4)62-69(102)86(7)39-60(95)84(5)40-61(96)88(9)55(35-46-21-15-13-16-22-46)67(100)85(6)38-58(93)81-53(30-26-47-25-29-51(52(75)34-47)74(78,79)80)66(99)91-43-73(76,77)37-57(91)65(98)83-72(31-19-20-32-72)71(104)90(11)63(48-23-17-14-18-24-48)70(103)89(10)56(68(101)92-49-27-28-50(92)42-105-41-49)36-59(94)87(8)54(33-44(2)3)64(97)82-62/h25,29,34,44-46,48-50,53-57,62-63H,12-24,26-28,30-33,35-43H2,1-11H3,(H,81,93)(H,82,97)(H,83,98)/t45-,49?,50?,53-,54-,55-,56-,57-,62-,63-/m0/s1. The maximum atomic E-state index is 16.2. The molecule has 7 fully saturated rings. The normalized spacial score (nSPS) is 28.6. The smallest absolute Gasteiger partial charge is 0.377 e. The van der Waals surface area contributed by atoms with Crippen molar-refractivity contribution in [1.82, 2.24) is 60.0 Å². The average molecular weight is 1510 g/mol. The third-order valence-corrected chi connectivity index (χ3v) is 23.5. The van der Waals surface area contributed by atoms with Crippen molar-refractivity contribution in [3.8, 4) is 0 Å². The summed E-state index contributed by atoms with van der Waals surface area (Å²) in [7, 11) is 9.57. The van der Waals surface area contributed by atoms with Crippen molar-refractivity contribution >= 4 is 82.5 Å². The molecular weight excluding hydrogens is 1400 g/mol. The number of morpholine rings is 1. The quantitative estimate of drug-likeness (QED) is 0.213. The molecule has 3 saturated carbocycles. The van der Waals surface area contributed by atoms with Crippen molar-refractivity contribution in [1.29, 1.82) is 0 Å². The van der Waals surface area contributed by atoms with E-state index in [-0.39, 0.29) is 62.7 Å². The summed E-state index contributed by atoms with van der Waals surface area (Å²) in [6.07, 6.45) is 2.06. The van der Waals surface area contributed by atoms with Gasteiger partial charge in [-0.3, -0.25) is 57.5 Å². The Morgan fingerprint density at radius 2 is 1.25 bits per heavy atom. The van der Waals surface area contributed by atoms with Gasteiger partial charge in [-0.05, 0) is 106 Å². The maximum Gasteiger partial charge on any atom is 0.417 e. The number of alkyl halides is 5. The molecule has 25 nitrogen and oxygen atoms in total. The lowest BCUT2D eigenvalue weighted by Gasteiger charge is -2.44. The van der Waals surface area contributed by atoms with E-state index < -0.39 is 211 Å². The fraction of sp³-hybridized carbons (Fsp3) is 0.757. The van der Waals surface area contributed by atoms with E-state index in [0.29, 0.717) is 62.7 Å². The van der Waals surface area contributed by atoms with Crippen LogP contribution in [-0.2, 0) is 74.9 Å². The summed E-state index contributed by atoms with van der Waals surface area (Å²) >= 11 is 6.12. The fourth-order valence-corrected chi connectivity index (χ4v) is 17.0. The lowest BCUT2D eigenvalue weighted by Crippen LogP contribution is -2.65. The molecule has 3 aliphatic carbocycles. The van der Waals surface area contributed by atoms with Gasteiger partial charge in [0.25, 0.3) is 5.92 Å². The van der Waals surface area contributed by atoms with Crippen LogP contribution >= 0.6 is 11.6 Å². The number of benzene rings is 1. The van der Waals surface area contributed by atoms with Gasteiger partial charge in [-0.2, -0.15) is 13.2 Å². The lowest BCUT2D eigenvalue weighted by atomic mass is 9.81. The van der Waals surface area contributed by atoms with E-state index in [4.69, 9.17) is 16.3 Å². The van der Waals surface area contributed by atoms with Gasteiger partial charge in [0.1, 0.15) is 47.8 Å². The number of carbonyl (C=O) groups excluding carboxylic acids is 12. The Labute approximate surface area is 618 Å². The highest BCUT2D eigenvalue weighted by Gasteiger charge is 2.56. The zero-order valence-electron chi connectivity index (χ0n) is 62.8. The van der Waals surface area contributed by atoms with E-state index in [0.717, 1.165) is 71.4 Å². The summed E-state index contributed by atoms with van der Waals surface area (Å²) in [5.41, 5.74) is -2.86. The summed E-state index contributed by atoms with van der Waals surface area (Å²) in [6, 6.07) is -8.30. The molecule has 31 heteroatoms. The van der Waals surface area contributed by atoms with Crippen LogP contribution in [0.5, 0.6) is 0 Å². The molecule has 4 heterocycles. The zero-order chi connectivity index (χ0) is 77.3. The summed E-state index contributed by atoms with van der Waals surface area (Å²) in [5, 5.41) is 7.56. The number of halogens is 6. The molecule has 2 bridgehead atoms. The number of hydrogen-bond donors (Lipinski definition) is 3. The molecule has 8 rings (SSSR count). The van der Waals surface area contributed by atoms with E-state index >= 15 is 37.5 Å². The van der Waals surface area contributed by atoms with Crippen molar-refractivity contribution in [2.45, 2.75) is 247 Å². The predicted octanol–water partition coefficient (Wildman–Crippen LogP) is 6.05. The average Bonchev–Trinajstić information content (AvgIpc) is 1.78. The molecule has 2 unspecified atom stereocenters. The molecule has 10 atom stereocenters. The SMILES string of the molecule is CC[C@H](C)[C@@H]1NC(=O)[C@H](CC(C)C)N(C)C(=O)C[C@@H](C(=O)N2C3CCC2COC3)N(C)C(=O)[C@H](C2CCCCC2)N(C)C(=O)C2(CCCC2)NC(=O)[C@@H]2CC(F)(F)CN2C(=O)[C@H](CCc2ccc(C(F)(F)F)c(Cl)c2)NC(=O)CN(C)C(=O)[C@H](CC2CCCCC2)N(C)C(=O)CN(C)C(=O)CN(C)C1=O. The second-order valence-electron chi connectivity index (χ2n) is 31.3. The van der Waals surface area contributed by atoms with Crippen LogP contribution < -0.4 is 16.0 Å². The molecule has 12 amide bonds. The number of fused-ring (bicyclic) bond motifs is 3. The second kappa shape index (κ2) is 35.7. The van der Waals surface area contributed by atoms with Crippen molar-refractivity contribution in [2.75, 3.05) is 88.7 Å². The lowest BCUT2D eigenvalue weighted by molar-refractivity contribution is -0.159. The third kappa shape index (κ3) is 20.1. The Bertz CT molecular complexity index is 3330. The number of amides is 12. The number of nitrogens with one attached hydrogen (secondary N) is 3. The number of rotatable bonds is 11. The number of ether oxygens (including phenoxy) is 1. The first-order chi connectivity index (χ1) is 49.4. The van der Waals surface area contributed by atoms with Crippen LogP contribution in [0, 0.1) is 23.7 Å². The van der Waals surface area contributed by atoms with Gasteiger partial charge in [0.15, 0.2) is 0 Å². The minimum Gasteiger partial charge on any atom is -0.377 e. The molecule has 4 saturated heterocycles. The monoisotopic (exact) mass is 1500 g/mol. The van der Waals surface area contributed by atoms with Crippen molar-refractivity contribution in [3.63, 3.8) is 0 Å². The minimum atomic E-state index is -4.84. The van der Waals surface area contributed by atoms with E-state index in [2.05, 4.69) is 16.0 Å². The van der Waals surface area contributed by atoms with Crippen molar-refractivity contribution in [2.24, 2.45) is 23.7 Å². The number of carbonyl (C=O) groups is 12. The highest BCUT2D eigenvalue weighted by molar-refractivity contribution is 6.31. The Hall–Kier alpha value is -7.24. The topological polar surface area (TPSA) is 279 Å². The molecule has 0 aromatic heterocycles. The summed E-state index contributed by atoms with van der Waals surface area (Å²) in [6.45, 7) is 4.35. The first-order valence-corrected chi connectivity index (χ1v) is 37.9. The molecular formula is C74H110ClF5N12O13. The van der Waals surface area contributed by atoms with Crippen LogP contribution in [0.1, 0.15) is 180 Å². The van der Waals surface area contributed by atoms with Crippen LogP contribution in [0.2, 0.25) is 5.02 Å². The first-order valence-electron chi connectivity index (χ1n) is 37.5. The van der Waals surface area contributed by atoms with Crippen LogP contribution in [-0.4, -0.2) is 270 Å². The van der Waals surface area contributed by atoms with Gasteiger partial charge in [-0.25, -0.2) is 8.78 Å². The summed E-state index contributed by atoms with van der Waals surface area (Å²) in [4.78, 5) is 191. The van der Waals surface area contributed by atoms with Gasteiger partial charge in [-0.15, -0.1) is 0 Å². The van der Waals surface area contributed by atoms with Gasteiger partial charge >= 0.3 is 6.18 Å². The van der Waals surface area contributed by atoms with Crippen molar-refractivity contribution in [3.05, 3.63) is 34.3 Å². The number of nitrogens with zero attached hydrogens (tertiary/aromatic N) is 9. The van der Waals surface area contributed by atoms with Crippen molar-refractivity contribution < 1.29 is 84.2 Å². The molecule has 1 spiro atoms. The van der Waals surface area contributed by atoms with Gasteiger partial charge < -0.3 is 64.8 Å². The van der Waals surface area contributed by atoms with E-state index in [1.54, 1.807) is 11.8 Å². The number of likely N-dealkylation sites (N-methyl/N-ethyl adjacent to an activating group) is 7. The third-order valence-electron chi connectivity index (χ3n) is 23.2. The van der Waals surface area contributed by atoms with Gasteiger partial charge in [0.2, 0.25) is 70.9 Å². The van der Waals surface area contributed by atoms with Crippen LogP contribution in [0.4, 0.5) is 22.0 Å². The Morgan fingerprint density at radius 1 is 0.657 bits per heavy atom. The molecule has 7 aliphatic rings. The second-order valence-corrected chi connectivity index (χ2v) is 31.7. The summed E-state index contributed by atoms with van der Waals surface area (Å²) in [5.74, 6) is -14.7. The molecule has 105 heavy (non-hydrogen) atoms. The van der Waals surface area contributed by atoms with Crippen LogP contribution in [0.25, 0.3) is 0 Å². The van der Waals surface area contributed by atoms with Crippen LogP contribution in [0.15, 0.2) is 18.2 Å². The fourth-order valence-electron chi connectivity index (χ4n) is 16.7. The number of aryl methyl sites for hydroxylation is 1. The first kappa shape index (κ1) is 83.4. The van der Waals surface area contributed by atoms with Gasteiger partial charge in [-0.1, -0.05) is 116 Å².